The molecule has 1 fully saturated rings. The van der Waals surface area contributed by atoms with Gasteiger partial charge >= 0.3 is 0 Å². The van der Waals surface area contributed by atoms with Gasteiger partial charge in [-0.2, -0.15) is 0 Å². The first kappa shape index (κ1) is 16.8. The summed E-state index contributed by atoms with van der Waals surface area (Å²) in [6, 6.07) is 14.9. The number of nitrogens with one attached hydrogen (secondary N) is 1. The highest BCUT2D eigenvalue weighted by atomic mass is 35.5. The van der Waals surface area contributed by atoms with Crippen molar-refractivity contribution in [3.8, 4) is 0 Å². The van der Waals surface area contributed by atoms with E-state index in [0.717, 1.165) is 38.4 Å². The minimum atomic E-state index is -0.129. The fourth-order valence-corrected chi connectivity index (χ4v) is 3.01. The molecular formula is C19H22ClN3O. The number of hydrogen-bond donors (Lipinski definition) is 1. The van der Waals surface area contributed by atoms with E-state index in [2.05, 4.69) is 34.2 Å². The summed E-state index contributed by atoms with van der Waals surface area (Å²) in [5, 5.41) is 3.54. The number of likely N-dealkylation sites (N-methyl/N-ethyl adjacent to an activating group) is 1. The molecule has 0 saturated carbocycles. The lowest BCUT2D eigenvalue weighted by Gasteiger charge is -2.35. The lowest BCUT2D eigenvalue weighted by molar-refractivity contribution is 0.102. The summed E-state index contributed by atoms with van der Waals surface area (Å²) >= 11 is 5.85. The van der Waals surface area contributed by atoms with E-state index < -0.39 is 0 Å². The minimum absolute atomic E-state index is 0.129. The Kier molecular flexibility index (Phi) is 5.38. The van der Waals surface area contributed by atoms with Gasteiger partial charge in [0, 0.05) is 48.1 Å². The molecule has 1 heterocycles. The first-order valence-electron chi connectivity index (χ1n) is 8.30. The van der Waals surface area contributed by atoms with E-state index >= 15 is 0 Å². The highest BCUT2D eigenvalue weighted by Crippen LogP contribution is 2.20. The van der Waals surface area contributed by atoms with E-state index in [-0.39, 0.29) is 5.91 Å². The predicted molar refractivity (Wildman–Crippen MR) is 100 cm³/mol. The number of carbonyl (C=O) groups excluding carboxylic acids is 1. The maximum absolute atomic E-state index is 12.2. The summed E-state index contributed by atoms with van der Waals surface area (Å²) in [6.45, 7) is 7.61. The Morgan fingerprint density at radius 1 is 1.00 bits per heavy atom. The molecule has 0 radical (unpaired) electrons. The van der Waals surface area contributed by atoms with Gasteiger partial charge in [0.1, 0.15) is 0 Å². The van der Waals surface area contributed by atoms with Gasteiger partial charge < -0.3 is 15.1 Å². The van der Waals surface area contributed by atoms with E-state index in [1.807, 2.05) is 12.1 Å². The largest absolute Gasteiger partial charge is 0.369 e. The third-order valence-corrected chi connectivity index (χ3v) is 4.67. The number of piperazine rings is 1. The number of carbonyl (C=O) groups is 1. The standard InChI is InChI=1S/C19H22ClN3O/c1-2-22-11-13-23(14-12-22)18-9-7-17(8-10-18)21-19(24)15-3-5-16(20)6-4-15/h3-10H,2,11-14H2,1H3,(H,21,24). The first-order valence-corrected chi connectivity index (χ1v) is 8.68. The van der Waals surface area contributed by atoms with Gasteiger partial charge in [0.2, 0.25) is 0 Å². The van der Waals surface area contributed by atoms with Gasteiger partial charge in [-0.1, -0.05) is 18.5 Å². The second kappa shape index (κ2) is 7.69. The second-order valence-corrected chi connectivity index (χ2v) is 6.37. The van der Waals surface area contributed by atoms with Crippen molar-refractivity contribution in [1.82, 2.24) is 4.90 Å². The molecule has 1 aliphatic rings. The molecule has 1 amide bonds. The number of amides is 1. The Labute approximate surface area is 148 Å². The number of nitrogens with zero attached hydrogens (tertiary/aromatic N) is 2. The van der Waals surface area contributed by atoms with Crippen LogP contribution in [0, 0.1) is 0 Å². The fraction of sp³-hybridized carbons (Fsp3) is 0.316. The first-order chi connectivity index (χ1) is 11.7. The summed E-state index contributed by atoms with van der Waals surface area (Å²) in [7, 11) is 0. The molecule has 0 bridgehead atoms. The van der Waals surface area contributed by atoms with Crippen LogP contribution in [0.2, 0.25) is 5.02 Å². The molecule has 126 valence electrons. The van der Waals surface area contributed by atoms with Crippen molar-refractivity contribution < 1.29 is 4.79 Å². The Morgan fingerprint density at radius 2 is 1.62 bits per heavy atom. The van der Waals surface area contributed by atoms with Crippen molar-refractivity contribution in [3.05, 3.63) is 59.1 Å². The van der Waals surface area contributed by atoms with Crippen molar-refractivity contribution in [2.75, 3.05) is 42.9 Å². The Morgan fingerprint density at radius 3 is 2.21 bits per heavy atom. The van der Waals surface area contributed by atoms with Crippen molar-refractivity contribution in [3.63, 3.8) is 0 Å². The van der Waals surface area contributed by atoms with Crippen molar-refractivity contribution in [1.29, 1.82) is 0 Å². The molecule has 1 saturated heterocycles. The molecular weight excluding hydrogens is 322 g/mol. The molecule has 1 N–H and O–H groups in total. The smallest absolute Gasteiger partial charge is 0.255 e. The lowest BCUT2D eigenvalue weighted by atomic mass is 10.2. The zero-order chi connectivity index (χ0) is 16.9. The fourth-order valence-electron chi connectivity index (χ4n) is 2.88. The van der Waals surface area contributed by atoms with Gasteiger partial charge in [0.05, 0.1) is 0 Å². The Bertz CT molecular complexity index is 677. The van der Waals surface area contributed by atoms with Gasteiger partial charge in [-0.25, -0.2) is 0 Å². The second-order valence-electron chi connectivity index (χ2n) is 5.93. The SMILES string of the molecule is CCN1CCN(c2ccc(NC(=O)c3ccc(Cl)cc3)cc2)CC1. The molecule has 0 aliphatic carbocycles. The van der Waals surface area contributed by atoms with Gasteiger partial charge in [-0.05, 0) is 55.1 Å². The number of hydrogen-bond acceptors (Lipinski definition) is 3. The van der Waals surface area contributed by atoms with Crippen molar-refractivity contribution in [2.24, 2.45) is 0 Å². The minimum Gasteiger partial charge on any atom is -0.369 e. The third kappa shape index (κ3) is 4.08. The van der Waals surface area contributed by atoms with Crippen LogP contribution >= 0.6 is 11.6 Å². The van der Waals surface area contributed by atoms with Crippen LogP contribution in [0.25, 0.3) is 0 Å². The zero-order valence-corrected chi connectivity index (χ0v) is 14.6. The average Bonchev–Trinajstić information content (AvgIpc) is 2.63. The maximum Gasteiger partial charge on any atom is 0.255 e. The number of halogens is 1. The summed E-state index contributed by atoms with van der Waals surface area (Å²) in [5.74, 6) is -0.129. The van der Waals surface area contributed by atoms with Crippen LogP contribution in [0.3, 0.4) is 0 Å². The summed E-state index contributed by atoms with van der Waals surface area (Å²) < 4.78 is 0. The highest BCUT2D eigenvalue weighted by molar-refractivity contribution is 6.30. The van der Waals surface area contributed by atoms with Crippen LogP contribution in [0.5, 0.6) is 0 Å². The third-order valence-electron chi connectivity index (χ3n) is 4.42. The van der Waals surface area contributed by atoms with Gasteiger partial charge in [0.25, 0.3) is 5.91 Å². The molecule has 2 aromatic carbocycles. The molecule has 0 atom stereocenters. The Hall–Kier alpha value is -2.04. The topological polar surface area (TPSA) is 35.6 Å². The van der Waals surface area contributed by atoms with Gasteiger partial charge in [0.15, 0.2) is 0 Å². The molecule has 0 unspecified atom stereocenters. The molecule has 5 heteroatoms. The van der Waals surface area contributed by atoms with Gasteiger partial charge in [-0.3, -0.25) is 4.79 Å². The van der Waals surface area contributed by atoms with E-state index in [9.17, 15) is 4.79 Å². The average molecular weight is 344 g/mol. The van der Waals surface area contributed by atoms with E-state index in [1.54, 1.807) is 24.3 Å². The number of rotatable bonds is 4. The number of anilines is 2. The maximum atomic E-state index is 12.2. The van der Waals surface area contributed by atoms with Crippen molar-refractivity contribution in [2.45, 2.75) is 6.92 Å². The molecule has 2 aromatic rings. The lowest BCUT2D eigenvalue weighted by Crippen LogP contribution is -2.46. The van der Waals surface area contributed by atoms with Crippen LogP contribution in [0.4, 0.5) is 11.4 Å². The normalized spacial score (nSPS) is 15.3. The molecule has 1 aliphatic heterocycles. The Balaban J connectivity index is 1.60. The highest BCUT2D eigenvalue weighted by Gasteiger charge is 2.15. The van der Waals surface area contributed by atoms with Crippen LogP contribution < -0.4 is 10.2 Å². The molecule has 0 spiro atoms. The van der Waals surface area contributed by atoms with Gasteiger partial charge in [-0.15, -0.1) is 0 Å². The molecule has 3 rings (SSSR count). The number of benzene rings is 2. The molecule has 4 nitrogen and oxygen atoms in total. The quantitative estimate of drug-likeness (QED) is 0.918. The zero-order valence-electron chi connectivity index (χ0n) is 13.8. The van der Waals surface area contributed by atoms with E-state index in [4.69, 9.17) is 11.6 Å². The predicted octanol–water partition coefficient (Wildman–Crippen LogP) is 3.73. The monoisotopic (exact) mass is 343 g/mol. The summed E-state index contributed by atoms with van der Waals surface area (Å²) in [4.78, 5) is 17.1. The van der Waals surface area contributed by atoms with Crippen molar-refractivity contribution >= 4 is 28.9 Å². The van der Waals surface area contributed by atoms with Crippen LogP contribution in [-0.4, -0.2) is 43.5 Å². The van der Waals surface area contributed by atoms with E-state index in [1.165, 1.54) is 5.69 Å². The molecule has 0 aromatic heterocycles. The van der Waals surface area contributed by atoms with E-state index in [0.29, 0.717) is 10.6 Å². The summed E-state index contributed by atoms with van der Waals surface area (Å²) in [6.07, 6.45) is 0. The van der Waals surface area contributed by atoms with Crippen LogP contribution in [0.1, 0.15) is 17.3 Å². The summed E-state index contributed by atoms with van der Waals surface area (Å²) in [5.41, 5.74) is 2.60. The van der Waals surface area contributed by atoms with Crippen LogP contribution in [0.15, 0.2) is 48.5 Å². The molecule has 24 heavy (non-hydrogen) atoms. The van der Waals surface area contributed by atoms with Crippen LogP contribution in [-0.2, 0) is 0 Å².